The molecule has 4 aromatic heterocycles. The standard InChI is InChI=1S/C21H19N5O3S2/c27-21-17(7-11-26(21)13-15-12-18-16(24-15)2-1-8-23-18)25-31(28,29)20-4-3-19(30-20)14-5-9-22-10-6-14/h1-6,8-10,12,17,24-25H,7,11,13H2/t17-/m0/s1. The average Bonchev–Trinajstić information content (AvgIpc) is 3.49. The fraction of sp³-hybridized carbons (Fsp3) is 0.190. The zero-order valence-electron chi connectivity index (χ0n) is 16.4. The smallest absolute Gasteiger partial charge is 0.250 e. The number of carbonyl (C=O) groups is 1. The van der Waals surface area contributed by atoms with Crippen LogP contribution in [-0.4, -0.2) is 46.8 Å². The Balaban J connectivity index is 1.28. The van der Waals surface area contributed by atoms with E-state index in [1.165, 1.54) is 11.3 Å². The molecule has 1 fully saturated rings. The van der Waals surface area contributed by atoms with Crippen LogP contribution in [-0.2, 0) is 21.4 Å². The van der Waals surface area contributed by atoms with Crippen molar-refractivity contribution in [3.63, 3.8) is 0 Å². The number of hydrogen-bond donors (Lipinski definition) is 2. The van der Waals surface area contributed by atoms with Crippen molar-refractivity contribution < 1.29 is 13.2 Å². The summed E-state index contributed by atoms with van der Waals surface area (Å²) >= 11 is 1.17. The Morgan fingerprint density at radius 2 is 2.00 bits per heavy atom. The van der Waals surface area contributed by atoms with Crippen molar-refractivity contribution in [3.05, 3.63) is 66.7 Å². The van der Waals surface area contributed by atoms with Gasteiger partial charge in [-0.25, -0.2) is 8.42 Å². The van der Waals surface area contributed by atoms with Crippen LogP contribution in [0.5, 0.6) is 0 Å². The first kappa shape index (κ1) is 19.9. The van der Waals surface area contributed by atoms with Crippen LogP contribution in [0.15, 0.2) is 65.3 Å². The van der Waals surface area contributed by atoms with E-state index in [0.29, 0.717) is 19.5 Å². The molecule has 0 bridgehead atoms. The molecular formula is C21H19N5O3S2. The summed E-state index contributed by atoms with van der Waals surface area (Å²) in [4.78, 5) is 26.8. The Hall–Kier alpha value is -3.08. The Labute approximate surface area is 183 Å². The summed E-state index contributed by atoms with van der Waals surface area (Å²) in [6.45, 7) is 0.875. The molecule has 4 aromatic rings. The Kier molecular flexibility index (Phi) is 5.05. The third kappa shape index (κ3) is 3.97. The minimum Gasteiger partial charge on any atom is -0.356 e. The molecule has 0 spiro atoms. The Morgan fingerprint density at radius 1 is 1.16 bits per heavy atom. The molecule has 1 amide bonds. The lowest BCUT2D eigenvalue weighted by Gasteiger charge is -2.16. The maximum Gasteiger partial charge on any atom is 0.250 e. The number of carbonyl (C=O) groups excluding carboxylic acids is 1. The summed E-state index contributed by atoms with van der Waals surface area (Å²) in [6, 6.07) is 11.9. The topological polar surface area (TPSA) is 108 Å². The number of hydrogen-bond acceptors (Lipinski definition) is 6. The van der Waals surface area contributed by atoms with Gasteiger partial charge in [0, 0.05) is 35.7 Å². The molecule has 5 heterocycles. The molecule has 5 rings (SSSR count). The summed E-state index contributed by atoms with van der Waals surface area (Å²) in [7, 11) is -3.79. The second-order valence-electron chi connectivity index (χ2n) is 7.31. The number of rotatable bonds is 6. The number of amides is 1. The lowest BCUT2D eigenvalue weighted by molar-refractivity contribution is -0.129. The predicted octanol–water partition coefficient (Wildman–Crippen LogP) is 2.77. The van der Waals surface area contributed by atoms with Gasteiger partial charge < -0.3 is 9.88 Å². The van der Waals surface area contributed by atoms with Gasteiger partial charge in [-0.15, -0.1) is 11.3 Å². The third-order valence-corrected chi connectivity index (χ3v) is 8.31. The number of sulfonamides is 1. The van der Waals surface area contributed by atoms with Crippen LogP contribution < -0.4 is 4.72 Å². The summed E-state index contributed by atoms with van der Waals surface area (Å²) < 4.78 is 28.5. The largest absolute Gasteiger partial charge is 0.356 e. The molecule has 31 heavy (non-hydrogen) atoms. The highest BCUT2D eigenvalue weighted by Crippen LogP contribution is 2.30. The lowest BCUT2D eigenvalue weighted by Crippen LogP contribution is -2.41. The maximum absolute atomic E-state index is 12.9. The minimum absolute atomic E-state index is 0.187. The van der Waals surface area contributed by atoms with Crippen LogP contribution in [0.4, 0.5) is 0 Å². The quantitative estimate of drug-likeness (QED) is 0.467. The fourth-order valence-corrected chi connectivity index (χ4v) is 6.24. The van der Waals surface area contributed by atoms with Crippen molar-refractivity contribution in [1.82, 2.24) is 24.6 Å². The molecular weight excluding hydrogens is 434 g/mol. The van der Waals surface area contributed by atoms with Gasteiger partial charge in [-0.2, -0.15) is 4.72 Å². The third-order valence-electron chi connectivity index (χ3n) is 5.21. The van der Waals surface area contributed by atoms with Gasteiger partial charge in [0.1, 0.15) is 10.3 Å². The van der Waals surface area contributed by atoms with Crippen LogP contribution in [0.25, 0.3) is 21.5 Å². The molecule has 0 aromatic carbocycles. The number of H-pyrrole nitrogens is 1. The Morgan fingerprint density at radius 3 is 2.81 bits per heavy atom. The highest BCUT2D eigenvalue weighted by molar-refractivity contribution is 7.91. The first-order valence-corrected chi connectivity index (χ1v) is 12.0. The maximum atomic E-state index is 12.9. The van der Waals surface area contributed by atoms with Gasteiger partial charge in [0.15, 0.2) is 0 Å². The van der Waals surface area contributed by atoms with Gasteiger partial charge in [-0.05, 0) is 54.4 Å². The van der Waals surface area contributed by atoms with Gasteiger partial charge in [-0.1, -0.05) is 0 Å². The summed E-state index contributed by atoms with van der Waals surface area (Å²) in [5, 5.41) is 0. The molecule has 0 unspecified atom stereocenters. The molecule has 0 aliphatic carbocycles. The van der Waals surface area contributed by atoms with Gasteiger partial charge in [0.25, 0.3) is 10.0 Å². The minimum atomic E-state index is -3.79. The highest BCUT2D eigenvalue weighted by Gasteiger charge is 2.35. The van der Waals surface area contributed by atoms with Gasteiger partial charge in [0.05, 0.1) is 17.6 Å². The molecule has 1 aliphatic heterocycles. The molecule has 0 radical (unpaired) electrons. The molecule has 158 valence electrons. The van der Waals surface area contributed by atoms with E-state index >= 15 is 0 Å². The number of nitrogens with zero attached hydrogens (tertiary/aromatic N) is 3. The van der Waals surface area contributed by atoms with Crippen LogP contribution >= 0.6 is 11.3 Å². The molecule has 8 nitrogen and oxygen atoms in total. The Bertz CT molecular complexity index is 1310. The zero-order chi connectivity index (χ0) is 21.4. The molecule has 2 N–H and O–H groups in total. The highest BCUT2D eigenvalue weighted by atomic mass is 32.2. The fourth-order valence-electron chi connectivity index (χ4n) is 3.69. The monoisotopic (exact) mass is 453 g/mol. The van der Waals surface area contributed by atoms with Crippen LogP contribution in [0.2, 0.25) is 0 Å². The van der Waals surface area contributed by atoms with Crippen molar-refractivity contribution in [2.45, 2.75) is 23.2 Å². The molecule has 1 aliphatic rings. The zero-order valence-corrected chi connectivity index (χ0v) is 18.0. The van der Waals surface area contributed by atoms with E-state index < -0.39 is 16.1 Å². The van der Waals surface area contributed by atoms with Crippen molar-refractivity contribution in [2.24, 2.45) is 0 Å². The number of pyridine rings is 2. The summed E-state index contributed by atoms with van der Waals surface area (Å²) in [5.41, 5.74) is 3.51. The lowest BCUT2D eigenvalue weighted by atomic mass is 10.2. The van der Waals surface area contributed by atoms with Gasteiger partial charge in [-0.3, -0.25) is 14.8 Å². The van der Waals surface area contributed by atoms with Crippen LogP contribution in [0, 0.1) is 0 Å². The van der Waals surface area contributed by atoms with E-state index in [2.05, 4.69) is 19.7 Å². The second-order valence-corrected chi connectivity index (χ2v) is 10.3. The number of fused-ring (bicyclic) bond motifs is 1. The predicted molar refractivity (Wildman–Crippen MR) is 118 cm³/mol. The number of thiophene rings is 1. The van der Waals surface area contributed by atoms with E-state index in [1.54, 1.807) is 35.6 Å². The van der Waals surface area contributed by atoms with E-state index in [9.17, 15) is 13.2 Å². The van der Waals surface area contributed by atoms with Gasteiger partial charge in [0.2, 0.25) is 5.91 Å². The SMILES string of the molecule is O=C1[C@@H](NS(=O)(=O)c2ccc(-c3ccncc3)s2)CCN1Cc1cc2ncccc2[nH]1. The second kappa shape index (κ2) is 7.88. The first-order chi connectivity index (χ1) is 15.0. The first-order valence-electron chi connectivity index (χ1n) is 9.73. The van der Waals surface area contributed by atoms with Crippen LogP contribution in [0.1, 0.15) is 12.1 Å². The summed E-state index contributed by atoms with van der Waals surface area (Å²) in [6.07, 6.45) is 5.47. The molecule has 10 heteroatoms. The van der Waals surface area contributed by atoms with Crippen molar-refractivity contribution in [3.8, 4) is 10.4 Å². The molecule has 1 saturated heterocycles. The summed E-state index contributed by atoms with van der Waals surface area (Å²) in [5.74, 6) is -0.221. The average molecular weight is 454 g/mol. The number of likely N-dealkylation sites (tertiary alicyclic amines) is 1. The molecule has 1 atom stereocenters. The number of aromatic nitrogens is 3. The van der Waals surface area contributed by atoms with E-state index in [1.807, 2.05) is 30.3 Å². The van der Waals surface area contributed by atoms with Crippen molar-refractivity contribution in [2.75, 3.05) is 6.54 Å². The number of nitrogens with one attached hydrogen (secondary N) is 2. The normalized spacial score (nSPS) is 17.0. The number of aromatic amines is 1. The van der Waals surface area contributed by atoms with E-state index in [-0.39, 0.29) is 10.1 Å². The van der Waals surface area contributed by atoms with Crippen molar-refractivity contribution >= 4 is 38.3 Å². The van der Waals surface area contributed by atoms with Crippen molar-refractivity contribution in [1.29, 1.82) is 0 Å². The molecule has 0 saturated carbocycles. The van der Waals surface area contributed by atoms with E-state index in [0.717, 1.165) is 27.2 Å². The van der Waals surface area contributed by atoms with E-state index in [4.69, 9.17) is 0 Å². The van der Waals surface area contributed by atoms with Gasteiger partial charge >= 0.3 is 0 Å². The van der Waals surface area contributed by atoms with Crippen LogP contribution in [0.3, 0.4) is 0 Å².